The van der Waals surface area contributed by atoms with Gasteiger partial charge in [0.05, 0.1) is 13.1 Å². The first-order chi connectivity index (χ1) is 12.9. The molecule has 1 fully saturated rings. The highest BCUT2D eigenvalue weighted by Crippen LogP contribution is 2.36. The molecule has 0 radical (unpaired) electrons. The molecule has 4 rings (SSSR count). The minimum Gasteiger partial charge on any atom is -0.472 e. The van der Waals surface area contributed by atoms with Gasteiger partial charge in [-0.1, -0.05) is 0 Å². The van der Waals surface area contributed by atoms with Crippen LogP contribution in [0.25, 0.3) is 0 Å². The Labute approximate surface area is 156 Å². The van der Waals surface area contributed by atoms with Gasteiger partial charge in [-0.2, -0.15) is 0 Å². The molecule has 0 aromatic heterocycles. The zero-order valence-corrected chi connectivity index (χ0v) is 15.4. The average molecular weight is 374 g/mol. The first-order valence-corrected chi connectivity index (χ1v) is 8.86. The summed E-state index contributed by atoms with van der Waals surface area (Å²) in [4.78, 5) is 32.2. The molecule has 27 heavy (non-hydrogen) atoms. The number of hydrogen-bond donors (Lipinski definition) is 1. The quantitative estimate of drug-likeness (QED) is 0.829. The number of rotatable bonds is 5. The molecular formula is C18H22N4O5. The van der Waals surface area contributed by atoms with Gasteiger partial charge in [0.25, 0.3) is 0 Å². The van der Waals surface area contributed by atoms with Gasteiger partial charge in [0.1, 0.15) is 12.1 Å². The fraction of sp³-hybridized carbons (Fsp3) is 0.500. The lowest BCUT2D eigenvalue weighted by Gasteiger charge is -2.19. The van der Waals surface area contributed by atoms with Crippen LogP contribution < -0.4 is 19.7 Å². The monoisotopic (exact) mass is 374 g/mol. The lowest BCUT2D eigenvalue weighted by atomic mass is 10.1. The number of amides is 3. The Hall–Kier alpha value is -2.97. The molecule has 9 nitrogen and oxygen atoms in total. The molecule has 144 valence electrons. The van der Waals surface area contributed by atoms with Crippen molar-refractivity contribution in [3.05, 3.63) is 18.2 Å². The molecule has 9 heteroatoms. The highest BCUT2D eigenvalue weighted by molar-refractivity contribution is 5.97. The maximum Gasteiger partial charge on any atom is 0.325 e. The van der Waals surface area contributed by atoms with Crippen molar-refractivity contribution in [1.29, 1.82) is 0 Å². The summed E-state index contributed by atoms with van der Waals surface area (Å²) < 4.78 is 16.3. The van der Waals surface area contributed by atoms with Crippen molar-refractivity contribution < 1.29 is 23.8 Å². The maximum absolute atomic E-state index is 12.6. The number of nitrogens with one attached hydrogen (secondary N) is 1. The van der Waals surface area contributed by atoms with Crippen molar-refractivity contribution in [2.75, 3.05) is 44.4 Å². The third-order valence-electron chi connectivity index (χ3n) is 4.56. The van der Waals surface area contributed by atoms with E-state index < -0.39 is 0 Å². The fourth-order valence-corrected chi connectivity index (χ4v) is 3.18. The summed E-state index contributed by atoms with van der Waals surface area (Å²) in [5, 5.41) is 2.75. The van der Waals surface area contributed by atoms with Gasteiger partial charge in [-0.25, -0.2) is 9.79 Å². The Kier molecular flexibility index (Phi) is 4.29. The van der Waals surface area contributed by atoms with Gasteiger partial charge >= 0.3 is 6.03 Å². The van der Waals surface area contributed by atoms with E-state index in [0.717, 1.165) is 5.69 Å². The summed E-state index contributed by atoms with van der Waals surface area (Å²) in [6, 6.07) is 5.16. The van der Waals surface area contributed by atoms with Crippen LogP contribution in [0.5, 0.6) is 11.5 Å². The van der Waals surface area contributed by atoms with Crippen molar-refractivity contribution >= 4 is 23.5 Å². The summed E-state index contributed by atoms with van der Waals surface area (Å²) in [6.45, 7) is 5.87. The number of anilines is 1. The van der Waals surface area contributed by atoms with E-state index in [2.05, 4.69) is 10.3 Å². The van der Waals surface area contributed by atoms with Gasteiger partial charge in [0, 0.05) is 24.8 Å². The van der Waals surface area contributed by atoms with Gasteiger partial charge in [0.15, 0.2) is 11.5 Å². The molecule has 0 aliphatic carbocycles. The first-order valence-electron chi connectivity index (χ1n) is 8.86. The molecule has 1 aromatic rings. The molecule has 1 saturated heterocycles. The molecule has 3 aliphatic heterocycles. The topological polar surface area (TPSA) is 92.7 Å². The van der Waals surface area contributed by atoms with Crippen molar-refractivity contribution in [3.8, 4) is 11.5 Å². The van der Waals surface area contributed by atoms with Crippen LogP contribution in [0, 0.1) is 0 Å². The van der Waals surface area contributed by atoms with Gasteiger partial charge in [-0.15, -0.1) is 0 Å². The van der Waals surface area contributed by atoms with Crippen molar-refractivity contribution in [1.82, 2.24) is 10.2 Å². The largest absolute Gasteiger partial charge is 0.472 e. The van der Waals surface area contributed by atoms with Crippen molar-refractivity contribution in [2.24, 2.45) is 4.99 Å². The lowest BCUT2D eigenvalue weighted by Crippen LogP contribution is -2.41. The molecular weight excluding hydrogens is 352 g/mol. The number of aliphatic imine (C=N–C) groups is 1. The maximum atomic E-state index is 12.6. The van der Waals surface area contributed by atoms with Crippen molar-refractivity contribution in [3.63, 3.8) is 0 Å². The normalized spacial score (nSPS) is 19.9. The number of carbonyl (C=O) groups excluding carboxylic acids is 2. The van der Waals surface area contributed by atoms with Gasteiger partial charge in [0.2, 0.25) is 18.6 Å². The third-order valence-corrected chi connectivity index (χ3v) is 4.56. The summed E-state index contributed by atoms with van der Waals surface area (Å²) in [6.07, 6.45) is 0. The van der Waals surface area contributed by atoms with Crippen LogP contribution in [0.2, 0.25) is 0 Å². The predicted octanol–water partition coefficient (Wildman–Crippen LogP) is 0.981. The zero-order valence-electron chi connectivity index (χ0n) is 15.4. The minimum absolute atomic E-state index is 0.00341. The third kappa shape index (κ3) is 3.62. The molecule has 1 N–H and O–H groups in total. The zero-order chi connectivity index (χ0) is 19.0. The fourth-order valence-electron chi connectivity index (χ4n) is 3.18. The molecule has 0 unspecified atom stereocenters. The van der Waals surface area contributed by atoms with Crippen LogP contribution >= 0.6 is 0 Å². The lowest BCUT2D eigenvalue weighted by molar-refractivity contribution is -0.121. The van der Waals surface area contributed by atoms with E-state index in [1.807, 2.05) is 19.9 Å². The molecule has 0 spiro atoms. The summed E-state index contributed by atoms with van der Waals surface area (Å²) >= 11 is 0. The molecule has 1 aromatic carbocycles. The first kappa shape index (κ1) is 17.4. The summed E-state index contributed by atoms with van der Waals surface area (Å²) in [5.74, 6) is 1.56. The number of ether oxygens (including phenoxy) is 3. The van der Waals surface area contributed by atoms with Crippen LogP contribution in [0.3, 0.4) is 0 Å². The van der Waals surface area contributed by atoms with Gasteiger partial charge < -0.3 is 24.4 Å². The van der Waals surface area contributed by atoms with E-state index in [1.165, 1.54) is 4.90 Å². The minimum atomic E-state index is -0.323. The van der Waals surface area contributed by atoms with Gasteiger partial charge in [-0.05, 0) is 26.0 Å². The number of nitrogens with zero attached hydrogens (tertiary/aromatic N) is 3. The second-order valence-corrected chi connectivity index (χ2v) is 7.24. The van der Waals surface area contributed by atoms with Gasteiger partial charge in [-0.3, -0.25) is 9.69 Å². The van der Waals surface area contributed by atoms with E-state index in [1.54, 1.807) is 17.0 Å². The Morgan fingerprint density at radius 2 is 2.07 bits per heavy atom. The standard InChI is InChI=1S/C18H22N4O5/c1-18(2)10-20-16(27-18)8-19-15(23)9-21-5-6-22(17(21)24)12-3-4-13-14(7-12)26-11-25-13/h3-4,7H,5-6,8-11H2,1-2H3,(H,19,23). The van der Waals surface area contributed by atoms with E-state index in [-0.39, 0.29) is 37.4 Å². The Morgan fingerprint density at radius 1 is 1.26 bits per heavy atom. The molecule has 3 amide bonds. The number of fused-ring (bicyclic) bond motifs is 1. The summed E-state index contributed by atoms with van der Waals surface area (Å²) in [7, 11) is 0. The van der Waals surface area contributed by atoms with E-state index >= 15 is 0 Å². The smallest absolute Gasteiger partial charge is 0.325 e. The molecule has 0 saturated carbocycles. The van der Waals surface area contributed by atoms with Crippen molar-refractivity contribution in [2.45, 2.75) is 19.4 Å². The Morgan fingerprint density at radius 3 is 2.85 bits per heavy atom. The van der Waals surface area contributed by atoms with Crippen LogP contribution in [-0.2, 0) is 9.53 Å². The number of carbonyl (C=O) groups is 2. The average Bonchev–Trinajstić information content (AvgIpc) is 3.32. The SMILES string of the molecule is CC1(C)CN=C(CNC(=O)CN2CCN(c3ccc4c(c3)OCO4)C2=O)O1. The van der Waals surface area contributed by atoms with Crippen LogP contribution in [0.4, 0.5) is 10.5 Å². The van der Waals surface area contributed by atoms with E-state index in [0.29, 0.717) is 37.0 Å². The predicted molar refractivity (Wildman–Crippen MR) is 97.4 cm³/mol. The number of benzene rings is 1. The highest BCUT2D eigenvalue weighted by Gasteiger charge is 2.32. The number of urea groups is 1. The van der Waals surface area contributed by atoms with Crippen LogP contribution in [0.1, 0.15) is 13.8 Å². The molecule has 3 heterocycles. The summed E-state index contributed by atoms with van der Waals surface area (Å²) in [5.41, 5.74) is 0.402. The molecule has 0 atom stereocenters. The van der Waals surface area contributed by atoms with Crippen LogP contribution in [0.15, 0.2) is 23.2 Å². The Bertz CT molecular complexity index is 807. The molecule has 3 aliphatic rings. The van der Waals surface area contributed by atoms with E-state index in [9.17, 15) is 9.59 Å². The van der Waals surface area contributed by atoms with Crippen LogP contribution in [-0.4, -0.2) is 67.9 Å². The Balaban J connectivity index is 1.30. The molecule has 0 bridgehead atoms. The van der Waals surface area contributed by atoms with E-state index in [4.69, 9.17) is 14.2 Å². The number of hydrogen-bond acceptors (Lipinski definition) is 6. The second kappa shape index (κ2) is 6.64. The highest BCUT2D eigenvalue weighted by atomic mass is 16.7. The second-order valence-electron chi connectivity index (χ2n) is 7.24.